The van der Waals surface area contributed by atoms with Gasteiger partial charge in [-0.25, -0.2) is 4.68 Å². The summed E-state index contributed by atoms with van der Waals surface area (Å²) in [5.41, 5.74) is 6.10. The Morgan fingerprint density at radius 2 is 2.05 bits per heavy atom. The second-order valence-electron chi connectivity index (χ2n) is 4.81. The third kappa shape index (κ3) is 1.90. The van der Waals surface area contributed by atoms with Crippen molar-refractivity contribution in [3.05, 3.63) is 5.15 Å². The molecule has 0 radical (unpaired) electrons. The van der Waals surface area contributed by atoms with Crippen molar-refractivity contribution in [3.63, 3.8) is 0 Å². The zero-order valence-corrected chi connectivity index (χ0v) is 11.0. The molecule has 2 heterocycles. The van der Waals surface area contributed by atoms with Gasteiger partial charge in [-0.2, -0.15) is 9.97 Å². The van der Waals surface area contributed by atoms with Gasteiger partial charge in [0.05, 0.1) is 12.1 Å². The third-order valence-corrected chi connectivity index (χ3v) is 3.88. The molecular weight excluding hydrogens is 288 g/mol. The molecule has 2 aromatic rings. The normalized spacial score (nSPS) is 30.2. The highest BCUT2D eigenvalue weighted by Crippen LogP contribution is 2.36. The van der Waals surface area contributed by atoms with E-state index in [1.165, 1.54) is 4.68 Å². The van der Waals surface area contributed by atoms with Gasteiger partial charge in [0, 0.05) is 12.5 Å². The first-order valence-corrected chi connectivity index (χ1v) is 6.41. The highest BCUT2D eigenvalue weighted by atomic mass is 35.5. The van der Waals surface area contributed by atoms with Crippen LogP contribution >= 0.6 is 11.6 Å². The molecule has 1 aliphatic rings. The van der Waals surface area contributed by atoms with Crippen LogP contribution in [0.1, 0.15) is 12.5 Å². The van der Waals surface area contributed by atoms with Crippen LogP contribution in [0.15, 0.2) is 0 Å². The molecule has 4 atom stereocenters. The van der Waals surface area contributed by atoms with Crippen LogP contribution in [0.2, 0.25) is 5.15 Å². The average molecular weight is 301 g/mol. The zero-order valence-electron chi connectivity index (χ0n) is 10.3. The van der Waals surface area contributed by atoms with E-state index < -0.39 is 24.2 Å². The molecule has 2 aromatic heterocycles. The van der Waals surface area contributed by atoms with Gasteiger partial charge in [-0.15, -0.1) is 5.10 Å². The number of fused-ring (bicyclic) bond motifs is 1. The monoisotopic (exact) mass is 300 g/mol. The summed E-state index contributed by atoms with van der Waals surface area (Å²) in [7, 11) is 0. The SMILES string of the molecule is Nc1nc(Cl)c2nnn([C@H]3C[C@@H](CO)[C@H](O)[C@@H]3O)c2n1. The van der Waals surface area contributed by atoms with Gasteiger partial charge in [0.25, 0.3) is 0 Å². The molecule has 0 aromatic carbocycles. The summed E-state index contributed by atoms with van der Waals surface area (Å²) in [5.74, 6) is -0.457. The number of aliphatic hydroxyl groups is 3. The number of halogens is 1. The second-order valence-corrected chi connectivity index (χ2v) is 5.16. The largest absolute Gasteiger partial charge is 0.396 e. The van der Waals surface area contributed by atoms with Crippen molar-refractivity contribution < 1.29 is 15.3 Å². The minimum atomic E-state index is -1.08. The lowest BCUT2D eigenvalue weighted by molar-refractivity contribution is -0.00511. The first-order chi connectivity index (χ1) is 9.52. The summed E-state index contributed by atoms with van der Waals surface area (Å²) < 4.78 is 1.36. The quantitative estimate of drug-likeness (QED) is 0.503. The van der Waals surface area contributed by atoms with Crippen LogP contribution in [0.25, 0.3) is 11.2 Å². The van der Waals surface area contributed by atoms with E-state index in [2.05, 4.69) is 20.3 Å². The van der Waals surface area contributed by atoms with E-state index >= 15 is 0 Å². The fourth-order valence-electron chi connectivity index (χ4n) is 2.56. The fourth-order valence-corrected chi connectivity index (χ4v) is 2.77. The Labute approximate surface area is 118 Å². The fraction of sp³-hybridized carbons (Fsp3) is 0.600. The summed E-state index contributed by atoms with van der Waals surface area (Å²) in [5, 5.41) is 37.0. The summed E-state index contributed by atoms with van der Waals surface area (Å²) >= 11 is 5.90. The second kappa shape index (κ2) is 4.77. The van der Waals surface area contributed by atoms with Crippen molar-refractivity contribution in [3.8, 4) is 0 Å². The number of nitrogen functional groups attached to an aromatic ring is 1. The summed E-state index contributed by atoms with van der Waals surface area (Å²) in [6.07, 6.45) is -1.76. The minimum absolute atomic E-state index is 0.0298. The smallest absolute Gasteiger partial charge is 0.223 e. The van der Waals surface area contributed by atoms with Crippen LogP contribution in [0.4, 0.5) is 5.95 Å². The molecule has 1 aliphatic carbocycles. The number of rotatable bonds is 2. The van der Waals surface area contributed by atoms with Crippen LogP contribution in [0.5, 0.6) is 0 Å². The Morgan fingerprint density at radius 1 is 1.30 bits per heavy atom. The Hall–Kier alpha value is -1.55. The molecule has 3 rings (SSSR count). The third-order valence-electron chi connectivity index (χ3n) is 3.62. The lowest BCUT2D eigenvalue weighted by Crippen LogP contribution is -2.30. The van der Waals surface area contributed by atoms with E-state index in [1.54, 1.807) is 0 Å². The number of aliphatic hydroxyl groups excluding tert-OH is 3. The predicted molar refractivity (Wildman–Crippen MR) is 68.8 cm³/mol. The van der Waals surface area contributed by atoms with Gasteiger partial charge in [0.15, 0.2) is 16.3 Å². The molecule has 0 bridgehead atoms. The van der Waals surface area contributed by atoms with E-state index in [9.17, 15) is 15.3 Å². The van der Waals surface area contributed by atoms with E-state index in [0.29, 0.717) is 6.42 Å². The molecule has 1 fully saturated rings. The first-order valence-electron chi connectivity index (χ1n) is 6.03. The van der Waals surface area contributed by atoms with Gasteiger partial charge >= 0.3 is 0 Å². The molecular formula is C10H13ClN6O3. The van der Waals surface area contributed by atoms with Crippen LogP contribution in [0.3, 0.4) is 0 Å². The van der Waals surface area contributed by atoms with Crippen LogP contribution in [0, 0.1) is 5.92 Å². The summed E-state index contributed by atoms with van der Waals surface area (Å²) in [6, 6.07) is -0.558. The maximum absolute atomic E-state index is 10.1. The minimum Gasteiger partial charge on any atom is -0.396 e. The van der Waals surface area contributed by atoms with Gasteiger partial charge in [0.2, 0.25) is 5.95 Å². The first kappa shape index (κ1) is 13.4. The number of aromatic nitrogens is 5. The van der Waals surface area contributed by atoms with Crippen LogP contribution in [-0.2, 0) is 0 Å². The molecule has 20 heavy (non-hydrogen) atoms. The van der Waals surface area contributed by atoms with Crippen LogP contribution in [-0.4, -0.2) is 59.1 Å². The van der Waals surface area contributed by atoms with E-state index in [4.69, 9.17) is 17.3 Å². The maximum atomic E-state index is 10.1. The molecule has 10 heteroatoms. The van der Waals surface area contributed by atoms with Crippen molar-refractivity contribution in [2.75, 3.05) is 12.3 Å². The Morgan fingerprint density at radius 3 is 2.70 bits per heavy atom. The molecule has 9 nitrogen and oxygen atoms in total. The highest BCUT2D eigenvalue weighted by molar-refractivity contribution is 6.33. The number of hydrogen-bond acceptors (Lipinski definition) is 8. The molecule has 1 saturated carbocycles. The van der Waals surface area contributed by atoms with E-state index in [0.717, 1.165) is 0 Å². The van der Waals surface area contributed by atoms with E-state index in [-0.39, 0.29) is 28.9 Å². The lowest BCUT2D eigenvalue weighted by Gasteiger charge is -2.16. The van der Waals surface area contributed by atoms with Crippen molar-refractivity contribution in [1.29, 1.82) is 0 Å². The topological polar surface area (TPSA) is 143 Å². The Balaban J connectivity index is 2.07. The number of nitrogens with zero attached hydrogens (tertiary/aromatic N) is 5. The van der Waals surface area contributed by atoms with Crippen molar-refractivity contribution >= 4 is 28.7 Å². The maximum Gasteiger partial charge on any atom is 0.223 e. The highest BCUT2D eigenvalue weighted by Gasteiger charge is 2.43. The van der Waals surface area contributed by atoms with Gasteiger partial charge in [0.1, 0.15) is 6.10 Å². The molecule has 0 unspecified atom stereocenters. The summed E-state index contributed by atoms with van der Waals surface area (Å²) in [4.78, 5) is 7.79. The standard InChI is InChI=1S/C10H13ClN6O3/c11-8-5-9(14-10(12)13-8)17(16-15-5)4-1-3(2-18)6(19)7(4)20/h3-4,6-7,18-20H,1-2H2,(H2,12,13,14)/t3-,4-,6-,7+/m0/s1. The molecule has 108 valence electrons. The Bertz CT molecular complexity index is 649. The molecule has 0 saturated heterocycles. The number of nitrogens with two attached hydrogens (primary N) is 1. The zero-order chi connectivity index (χ0) is 14.4. The summed E-state index contributed by atoms with van der Waals surface area (Å²) in [6.45, 7) is -0.223. The van der Waals surface area contributed by atoms with Gasteiger partial charge in [-0.05, 0) is 6.42 Å². The van der Waals surface area contributed by atoms with Crippen molar-refractivity contribution in [1.82, 2.24) is 25.0 Å². The average Bonchev–Trinajstić information content (AvgIpc) is 2.93. The number of anilines is 1. The number of hydrogen-bond donors (Lipinski definition) is 4. The molecule has 0 spiro atoms. The molecule has 5 N–H and O–H groups in total. The lowest BCUT2D eigenvalue weighted by atomic mass is 10.1. The van der Waals surface area contributed by atoms with Crippen LogP contribution < -0.4 is 5.73 Å². The Kier molecular flexibility index (Phi) is 3.21. The predicted octanol–water partition coefficient (Wildman–Crippen LogP) is -1.27. The molecule has 0 amide bonds. The van der Waals surface area contributed by atoms with Gasteiger partial charge < -0.3 is 21.1 Å². The van der Waals surface area contributed by atoms with E-state index in [1.807, 2.05) is 0 Å². The van der Waals surface area contributed by atoms with Gasteiger partial charge in [-0.1, -0.05) is 16.8 Å². The molecule has 0 aliphatic heterocycles. The van der Waals surface area contributed by atoms with Crippen molar-refractivity contribution in [2.45, 2.75) is 24.7 Å². The van der Waals surface area contributed by atoms with Crippen molar-refractivity contribution in [2.24, 2.45) is 5.92 Å². The van der Waals surface area contributed by atoms with Gasteiger partial charge in [-0.3, -0.25) is 0 Å².